The fourth-order valence-electron chi connectivity index (χ4n) is 2.62. The third-order valence-corrected chi connectivity index (χ3v) is 5.30. The molecule has 0 saturated carbocycles. The van der Waals surface area contributed by atoms with Crippen molar-refractivity contribution in [1.29, 1.82) is 0 Å². The summed E-state index contributed by atoms with van der Waals surface area (Å²) in [4.78, 5) is 18.5. The number of aryl methyl sites for hydroxylation is 1. The summed E-state index contributed by atoms with van der Waals surface area (Å²) in [5.41, 5.74) is 2.65. The topological polar surface area (TPSA) is 42.4 Å². The van der Waals surface area contributed by atoms with Gasteiger partial charge in [0, 0.05) is 35.6 Å². The predicted molar refractivity (Wildman–Crippen MR) is 115 cm³/mol. The van der Waals surface area contributed by atoms with Crippen LogP contribution in [0.25, 0.3) is 6.08 Å². The number of likely N-dealkylation sites (N-methyl/N-ethyl adjacent to an activating group) is 1. The Morgan fingerprint density at radius 3 is 2.71 bits per heavy atom. The van der Waals surface area contributed by atoms with E-state index >= 15 is 0 Å². The van der Waals surface area contributed by atoms with Crippen molar-refractivity contribution in [3.05, 3.63) is 86.8 Å². The van der Waals surface area contributed by atoms with Crippen LogP contribution in [0.3, 0.4) is 0 Å². The fourth-order valence-corrected chi connectivity index (χ4v) is 3.42. The maximum atomic E-state index is 12.5. The maximum Gasteiger partial charge on any atom is 0.246 e. The summed E-state index contributed by atoms with van der Waals surface area (Å²) < 4.78 is 5.89. The number of para-hydroxylation sites is 1. The minimum absolute atomic E-state index is 0.107. The summed E-state index contributed by atoms with van der Waals surface area (Å²) in [7, 11) is 1.75. The molecule has 0 N–H and O–H groups in total. The average Bonchev–Trinajstić information content (AvgIpc) is 3.12. The summed E-state index contributed by atoms with van der Waals surface area (Å²) in [5, 5.41) is 3.65. The molecule has 0 spiro atoms. The zero-order valence-electron chi connectivity index (χ0n) is 15.8. The molecule has 0 aliphatic rings. The standard InChI is InChI=1S/C22H21ClN2O2S/c1-16-24-19(15-28-16)14-27-21-10-6-4-7-17(21)11-12-22(26)25(2)13-18-8-3-5-9-20(18)23/h3-12,15H,13-14H2,1-2H3/b12-11+. The highest BCUT2D eigenvalue weighted by Crippen LogP contribution is 2.22. The molecule has 6 heteroatoms. The van der Waals surface area contributed by atoms with Gasteiger partial charge in [0.1, 0.15) is 12.4 Å². The Kier molecular flexibility index (Phi) is 6.85. The number of nitrogens with zero attached hydrogens (tertiary/aromatic N) is 2. The minimum atomic E-state index is -0.107. The van der Waals surface area contributed by atoms with Crippen molar-refractivity contribution in [2.75, 3.05) is 7.05 Å². The van der Waals surface area contributed by atoms with Crippen molar-refractivity contribution in [2.24, 2.45) is 0 Å². The third-order valence-electron chi connectivity index (χ3n) is 4.11. The number of carbonyl (C=O) groups excluding carboxylic acids is 1. The summed E-state index contributed by atoms with van der Waals surface area (Å²) in [6, 6.07) is 15.1. The Bertz CT molecular complexity index is 984. The lowest BCUT2D eigenvalue weighted by molar-refractivity contribution is -0.125. The van der Waals surface area contributed by atoms with Gasteiger partial charge < -0.3 is 9.64 Å². The van der Waals surface area contributed by atoms with Crippen LogP contribution in [0.4, 0.5) is 0 Å². The molecule has 2 aromatic carbocycles. The van der Waals surface area contributed by atoms with Crippen LogP contribution in [0.5, 0.6) is 5.75 Å². The lowest BCUT2D eigenvalue weighted by Gasteiger charge is -2.16. The van der Waals surface area contributed by atoms with Crippen LogP contribution in [0.1, 0.15) is 21.8 Å². The van der Waals surface area contributed by atoms with Crippen molar-refractivity contribution in [1.82, 2.24) is 9.88 Å². The van der Waals surface area contributed by atoms with Crippen molar-refractivity contribution < 1.29 is 9.53 Å². The first-order valence-corrected chi connectivity index (χ1v) is 10.1. The molecule has 1 amide bonds. The zero-order chi connectivity index (χ0) is 19.9. The number of amides is 1. The van der Waals surface area contributed by atoms with Gasteiger partial charge in [0.15, 0.2) is 0 Å². The van der Waals surface area contributed by atoms with E-state index in [0.29, 0.717) is 23.9 Å². The molecule has 0 aliphatic carbocycles. The highest BCUT2D eigenvalue weighted by molar-refractivity contribution is 7.09. The second kappa shape index (κ2) is 9.53. The second-order valence-electron chi connectivity index (χ2n) is 6.30. The van der Waals surface area contributed by atoms with Gasteiger partial charge in [-0.1, -0.05) is 48.0 Å². The molecule has 0 unspecified atom stereocenters. The highest BCUT2D eigenvalue weighted by Gasteiger charge is 2.09. The number of hydrogen-bond donors (Lipinski definition) is 0. The van der Waals surface area contributed by atoms with Gasteiger partial charge in [-0.3, -0.25) is 4.79 Å². The molecule has 0 fully saturated rings. The predicted octanol–water partition coefficient (Wildman–Crippen LogP) is 5.36. The average molecular weight is 413 g/mol. The Morgan fingerprint density at radius 1 is 1.21 bits per heavy atom. The molecule has 0 saturated heterocycles. The monoisotopic (exact) mass is 412 g/mol. The Morgan fingerprint density at radius 2 is 1.96 bits per heavy atom. The van der Waals surface area contributed by atoms with Crippen LogP contribution in [0, 0.1) is 6.92 Å². The van der Waals surface area contributed by atoms with Gasteiger partial charge in [-0.25, -0.2) is 4.98 Å². The Labute approximate surface area is 174 Å². The zero-order valence-corrected chi connectivity index (χ0v) is 17.3. The van der Waals surface area contributed by atoms with E-state index in [-0.39, 0.29) is 5.91 Å². The Balaban J connectivity index is 1.64. The third kappa shape index (κ3) is 5.44. The smallest absolute Gasteiger partial charge is 0.246 e. The first-order chi connectivity index (χ1) is 13.5. The lowest BCUT2D eigenvalue weighted by Crippen LogP contribution is -2.24. The second-order valence-corrected chi connectivity index (χ2v) is 7.77. The fraction of sp³-hybridized carbons (Fsp3) is 0.182. The minimum Gasteiger partial charge on any atom is -0.487 e. The van der Waals surface area contributed by atoms with Crippen molar-refractivity contribution >= 4 is 34.9 Å². The number of benzene rings is 2. The van der Waals surface area contributed by atoms with E-state index in [1.807, 2.05) is 60.8 Å². The van der Waals surface area contributed by atoms with Crippen LogP contribution < -0.4 is 4.74 Å². The SMILES string of the molecule is Cc1nc(COc2ccccc2/C=C/C(=O)N(C)Cc2ccccc2Cl)cs1. The van der Waals surface area contributed by atoms with E-state index in [9.17, 15) is 4.79 Å². The van der Waals surface area contributed by atoms with E-state index in [1.54, 1.807) is 35.4 Å². The van der Waals surface area contributed by atoms with Crippen molar-refractivity contribution in [3.8, 4) is 5.75 Å². The first kappa shape index (κ1) is 20.1. The van der Waals surface area contributed by atoms with Crippen LogP contribution in [0.2, 0.25) is 5.02 Å². The number of hydrogen-bond acceptors (Lipinski definition) is 4. The molecule has 0 aliphatic heterocycles. The largest absolute Gasteiger partial charge is 0.487 e. The molecule has 3 aromatic rings. The van der Waals surface area contributed by atoms with Gasteiger partial charge in [0.25, 0.3) is 0 Å². The molecular weight excluding hydrogens is 392 g/mol. The van der Waals surface area contributed by atoms with E-state index in [0.717, 1.165) is 21.8 Å². The summed E-state index contributed by atoms with van der Waals surface area (Å²) >= 11 is 7.77. The van der Waals surface area contributed by atoms with Crippen molar-refractivity contribution in [3.63, 3.8) is 0 Å². The number of rotatable bonds is 7. The van der Waals surface area contributed by atoms with Crippen molar-refractivity contribution in [2.45, 2.75) is 20.1 Å². The van der Waals surface area contributed by atoms with Crippen LogP contribution in [-0.4, -0.2) is 22.8 Å². The number of aromatic nitrogens is 1. The summed E-state index contributed by atoms with van der Waals surface area (Å²) in [6.45, 7) is 2.81. The normalized spacial score (nSPS) is 11.0. The Hall–Kier alpha value is -2.63. The van der Waals surface area contributed by atoms with Crippen LogP contribution >= 0.6 is 22.9 Å². The molecule has 3 rings (SSSR count). The highest BCUT2D eigenvalue weighted by atomic mass is 35.5. The number of ether oxygens (including phenoxy) is 1. The van der Waals surface area contributed by atoms with Crippen LogP contribution in [0.15, 0.2) is 60.0 Å². The van der Waals surface area contributed by atoms with E-state index < -0.39 is 0 Å². The van der Waals surface area contributed by atoms with E-state index in [4.69, 9.17) is 16.3 Å². The first-order valence-electron chi connectivity index (χ1n) is 8.82. The molecule has 4 nitrogen and oxygen atoms in total. The van der Waals surface area contributed by atoms with Gasteiger partial charge in [-0.05, 0) is 30.7 Å². The van der Waals surface area contributed by atoms with Gasteiger partial charge in [0.2, 0.25) is 5.91 Å². The molecule has 1 aromatic heterocycles. The maximum absolute atomic E-state index is 12.5. The molecule has 1 heterocycles. The molecule has 0 bridgehead atoms. The number of thiazole rings is 1. The molecule has 28 heavy (non-hydrogen) atoms. The molecule has 0 atom stereocenters. The van der Waals surface area contributed by atoms with E-state index in [2.05, 4.69) is 4.98 Å². The summed E-state index contributed by atoms with van der Waals surface area (Å²) in [6.07, 6.45) is 3.32. The van der Waals surface area contributed by atoms with Gasteiger partial charge in [-0.15, -0.1) is 11.3 Å². The molecule has 144 valence electrons. The van der Waals surface area contributed by atoms with Gasteiger partial charge in [-0.2, -0.15) is 0 Å². The molecule has 0 radical (unpaired) electrons. The quantitative estimate of drug-likeness (QED) is 0.491. The lowest BCUT2D eigenvalue weighted by atomic mass is 10.1. The van der Waals surface area contributed by atoms with E-state index in [1.165, 1.54) is 0 Å². The number of halogens is 1. The van der Waals surface area contributed by atoms with Crippen LogP contribution in [-0.2, 0) is 17.9 Å². The van der Waals surface area contributed by atoms with Gasteiger partial charge >= 0.3 is 0 Å². The summed E-state index contributed by atoms with van der Waals surface area (Å²) in [5.74, 6) is 0.607. The van der Waals surface area contributed by atoms with Gasteiger partial charge in [0.05, 0.1) is 10.7 Å². The molecular formula is C22H21ClN2O2S. The number of carbonyl (C=O) groups is 1.